The van der Waals surface area contributed by atoms with E-state index in [0.717, 1.165) is 0 Å². The number of nitrogens with zero attached hydrogens (tertiary/aromatic N) is 1. The molecule has 2 aromatic rings. The molecule has 66 valence electrons. The van der Waals surface area contributed by atoms with Crippen molar-refractivity contribution < 1.29 is 0 Å². The van der Waals surface area contributed by atoms with Gasteiger partial charge in [-0.25, -0.2) is 0 Å². The maximum absolute atomic E-state index is 2.45. The van der Waals surface area contributed by atoms with Gasteiger partial charge < -0.3 is 4.90 Å². The van der Waals surface area contributed by atoms with Crippen molar-refractivity contribution in [2.75, 3.05) is 18.0 Å². The van der Waals surface area contributed by atoms with Gasteiger partial charge in [0.05, 0.1) is 5.00 Å². The molecule has 0 saturated carbocycles. The molecule has 13 heavy (non-hydrogen) atoms. The molecular formula is C11H11NS. The quantitative estimate of drug-likeness (QED) is 0.666. The molecule has 1 aliphatic heterocycles. The molecule has 0 bridgehead atoms. The van der Waals surface area contributed by atoms with Crippen LogP contribution in [0.2, 0.25) is 0 Å². The zero-order valence-electron chi connectivity index (χ0n) is 7.36. The summed E-state index contributed by atoms with van der Waals surface area (Å²) in [5.74, 6) is 0. The SMILES string of the molecule is c1ccc2sc(N3CCC3)cc2c1. The molecule has 0 aliphatic carbocycles. The van der Waals surface area contributed by atoms with Crippen LogP contribution in [0.3, 0.4) is 0 Å². The number of benzene rings is 1. The van der Waals surface area contributed by atoms with E-state index in [2.05, 4.69) is 35.2 Å². The Balaban J connectivity index is 2.10. The number of hydrogen-bond donors (Lipinski definition) is 0. The molecule has 0 N–H and O–H groups in total. The third-order valence-electron chi connectivity index (χ3n) is 2.58. The smallest absolute Gasteiger partial charge is 0.0920 e. The maximum atomic E-state index is 2.45. The molecule has 1 aromatic carbocycles. The molecule has 1 fully saturated rings. The van der Waals surface area contributed by atoms with Gasteiger partial charge in [-0.2, -0.15) is 0 Å². The molecule has 0 amide bonds. The van der Waals surface area contributed by atoms with Gasteiger partial charge in [0.25, 0.3) is 0 Å². The third-order valence-corrected chi connectivity index (χ3v) is 3.76. The molecule has 2 heteroatoms. The zero-order chi connectivity index (χ0) is 8.67. The van der Waals surface area contributed by atoms with Crippen LogP contribution in [0.15, 0.2) is 30.3 Å². The summed E-state index contributed by atoms with van der Waals surface area (Å²) >= 11 is 1.91. The van der Waals surface area contributed by atoms with Crippen LogP contribution in [0, 0.1) is 0 Å². The van der Waals surface area contributed by atoms with Gasteiger partial charge in [0.2, 0.25) is 0 Å². The molecule has 0 radical (unpaired) electrons. The van der Waals surface area contributed by atoms with Crippen molar-refractivity contribution in [1.82, 2.24) is 0 Å². The molecule has 0 unspecified atom stereocenters. The van der Waals surface area contributed by atoms with Crippen molar-refractivity contribution in [3.63, 3.8) is 0 Å². The van der Waals surface area contributed by atoms with E-state index in [-0.39, 0.29) is 0 Å². The first kappa shape index (κ1) is 7.39. The fraction of sp³-hybridized carbons (Fsp3) is 0.273. The minimum absolute atomic E-state index is 1.24. The molecule has 0 atom stereocenters. The highest BCUT2D eigenvalue weighted by Gasteiger charge is 2.16. The average molecular weight is 189 g/mol. The Morgan fingerprint density at radius 2 is 2.00 bits per heavy atom. The summed E-state index contributed by atoms with van der Waals surface area (Å²) in [7, 11) is 0. The van der Waals surface area contributed by atoms with Gasteiger partial charge in [-0.3, -0.25) is 0 Å². The van der Waals surface area contributed by atoms with E-state index in [9.17, 15) is 0 Å². The largest absolute Gasteiger partial charge is 0.363 e. The van der Waals surface area contributed by atoms with Crippen molar-refractivity contribution in [3.8, 4) is 0 Å². The highest BCUT2D eigenvalue weighted by molar-refractivity contribution is 7.22. The molecule has 3 rings (SSSR count). The fourth-order valence-corrected chi connectivity index (χ4v) is 2.77. The molecule has 1 nitrogen and oxygen atoms in total. The number of fused-ring (bicyclic) bond motifs is 1. The van der Waals surface area contributed by atoms with Crippen LogP contribution in [0.1, 0.15) is 6.42 Å². The van der Waals surface area contributed by atoms with Crippen molar-refractivity contribution >= 4 is 26.4 Å². The van der Waals surface area contributed by atoms with Crippen LogP contribution in [0.4, 0.5) is 5.00 Å². The lowest BCUT2D eigenvalue weighted by atomic mass is 10.2. The van der Waals surface area contributed by atoms with Gasteiger partial charge in [-0.1, -0.05) is 18.2 Å². The minimum Gasteiger partial charge on any atom is -0.363 e. The highest BCUT2D eigenvalue weighted by atomic mass is 32.1. The zero-order valence-corrected chi connectivity index (χ0v) is 8.18. The topological polar surface area (TPSA) is 3.24 Å². The van der Waals surface area contributed by atoms with Crippen LogP contribution >= 0.6 is 11.3 Å². The Hall–Kier alpha value is -1.02. The fourth-order valence-electron chi connectivity index (χ4n) is 1.66. The van der Waals surface area contributed by atoms with Crippen molar-refractivity contribution in [3.05, 3.63) is 30.3 Å². The van der Waals surface area contributed by atoms with Gasteiger partial charge in [0.1, 0.15) is 0 Å². The average Bonchev–Trinajstić information content (AvgIpc) is 2.43. The van der Waals surface area contributed by atoms with Gasteiger partial charge >= 0.3 is 0 Å². The van der Waals surface area contributed by atoms with E-state index in [0.29, 0.717) is 0 Å². The van der Waals surface area contributed by atoms with Gasteiger partial charge in [-0.05, 0) is 23.9 Å². The second kappa shape index (κ2) is 2.74. The maximum Gasteiger partial charge on any atom is 0.0920 e. The van der Waals surface area contributed by atoms with E-state index in [1.54, 1.807) is 0 Å². The van der Waals surface area contributed by atoms with Crippen LogP contribution in [0.25, 0.3) is 10.1 Å². The van der Waals surface area contributed by atoms with Crippen LogP contribution in [-0.2, 0) is 0 Å². The number of rotatable bonds is 1. The third kappa shape index (κ3) is 1.13. The van der Waals surface area contributed by atoms with E-state index in [1.807, 2.05) is 11.3 Å². The lowest BCUT2D eigenvalue weighted by molar-refractivity contribution is 0.623. The second-order valence-corrected chi connectivity index (χ2v) is 4.53. The molecule has 2 heterocycles. The standard InChI is InChI=1S/C11H11NS/c1-2-5-10-9(4-1)8-11(13-10)12-6-3-7-12/h1-2,4-5,8H,3,6-7H2. The summed E-state index contributed by atoms with van der Waals surface area (Å²) in [5, 5.41) is 2.82. The van der Waals surface area contributed by atoms with Crippen LogP contribution in [0.5, 0.6) is 0 Å². The summed E-state index contributed by atoms with van der Waals surface area (Å²) in [6.07, 6.45) is 1.36. The predicted molar refractivity (Wildman–Crippen MR) is 58.7 cm³/mol. The first-order valence-electron chi connectivity index (χ1n) is 4.67. The minimum atomic E-state index is 1.24. The van der Waals surface area contributed by atoms with Crippen molar-refractivity contribution in [2.24, 2.45) is 0 Å². The number of anilines is 1. The second-order valence-electron chi connectivity index (χ2n) is 3.46. The van der Waals surface area contributed by atoms with Crippen molar-refractivity contribution in [2.45, 2.75) is 6.42 Å². The summed E-state index contributed by atoms with van der Waals surface area (Å²) in [5.41, 5.74) is 0. The normalized spacial score (nSPS) is 16.2. The van der Waals surface area contributed by atoms with Gasteiger partial charge in [0, 0.05) is 17.8 Å². The Morgan fingerprint density at radius 1 is 1.15 bits per heavy atom. The summed E-state index contributed by atoms with van der Waals surface area (Å²) in [6.45, 7) is 2.49. The summed E-state index contributed by atoms with van der Waals surface area (Å²) in [4.78, 5) is 2.45. The summed E-state index contributed by atoms with van der Waals surface area (Å²) in [6, 6.07) is 10.9. The Labute approximate surface area is 81.6 Å². The van der Waals surface area contributed by atoms with Crippen molar-refractivity contribution in [1.29, 1.82) is 0 Å². The van der Waals surface area contributed by atoms with Crippen LogP contribution < -0.4 is 4.90 Å². The van der Waals surface area contributed by atoms with Gasteiger partial charge in [0.15, 0.2) is 0 Å². The lowest BCUT2D eigenvalue weighted by Crippen LogP contribution is -2.36. The molecule has 1 aromatic heterocycles. The lowest BCUT2D eigenvalue weighted by Gasteiger charge is -2.31. The Bertz CT molecular complexity index is 395. The highest BCUT2D eigenvalue weighted by Crippen LogP contribution is 2.34. The van der Waals surface area contributed by atoms with E-state index in [4.69, 9.17) is 0 Å². The molecule has 1 saturated heterocycles. The number of hydrogen-bond acceptors (Lipinski definition) is 2. The first-order valence-corrected chi connectivity index (χ1v) is 5.49. The number of thiophene rings is 1. The van der Waals surface area contributed by atoms with E-state index >= 15 is 0 Å². The van der Waals surface area contributed by atoms with Crippen LogP contribution in [-0.4, -0.2) is 13.1 Å². The van der Waals surface area contributed by atoms with E-state index < -0.39 is 0 Å². The Kier molecular flexibility index (Phi) is 1.56. The Morgan fingerprint density at radius 3 is 2.69 bits per heavy atom. The predicted octanol–water partition coefficient (Wildman–Crippen LogP) is 3.11. The van der Waals surface area contributed by atoms with E-state index in [1.165, 1.54) is 34.6 Å². The molecule has 0 spiro atoms. The van der Waals surface area contributed by atoms with Gasteiger partial charge in [-0.15, -0.1) is 11.3 Å². The first-order chi connectivity index (χ1) is 6.43. The summed E-state index contributed by atoms with van der Waals surface area (Å²) < 4.78 is 1.41. The monoisotopic (exact) mass is 189 g/mol. The molecule has 1 aliphatic rings. The molecular weight excluding hydrogens is 178 g/mol.